The van der Waals surface area contributed by atoms with Gasteiger partial charge in [-0.05, 0) is 45.6 Å². The topological polar surface area (TPSA) is 74.1 Å². The van der Waals surface area contributed by atoms with E-state index in [9.17, 15) is 14.4 Å². The molecule has 1 aromatic heterocycles. The molecule has 0 N–H and O–H groups in total. The van der Waals surface area contributed by atoms with Crippen molar-refractivity contribution in [3.05, 3.63) is 24.2 Å². The van der Waals surface area contributed by atoms with E-state index < -0.39 is 0 Å². The highest BCUT2D eigenvalue weighted by Gasteiger charge is 2.39. The SMILES string of the molecule is CCN(CC)C(=O)C1CCCN1C(=O)C1CCN(C(=O)c2ccoc2)CC1. The highest BCUT2D eigenvalue weighted by atomic mass is 16.3. The van der Waals surface area contributed by atoms with Crippen molar-refractivity contribution in [2.75, 3.05) is 32.7 Å². The van der Waals surface area contributed by atoms with Crippen LogP contribution in [0.1, 0.15) is 49.9 Å². The Bertz CT molecular complexity index is 661. The maximum Gasteiger partial charge on any atom is 0.257 e. The first kappa shape index (κ1) is 19.5. The summed E-state index contributed by atoms with van der Waals surface area (Å²) in [5.74, 6) is -0.0132. The monoisotopic (exact) mass is 375 g/mol. The van der Waals surface area contributed by atoms with Crippen molar-refractivity contribution in [3.8, 4) is 0 Å². The van der Waals surface area contributed by atoms with Gasteiger partial charge in [-0.25, -0.2) is 0 Å². The van der Waals surface area contributed by atoms with E-state index in [4.69, 9.17) is 4.42 Å². The summed E-state index contributed by atoms with van der Waals surface area (Å²) in [6.07, 6.45) is 5.85. The van der Waals surface area contributed by atoms with Crippen molar-refractivity contribution in [3.63, 3.8) is 0 Å². The van der Waals surface area contributed by atoms with Crippen LogP contribution >= 0.6 is 0 Å². The summed E-state index contributed by atoms with van der Waals surface area (Å²) in [5.41, 5.74) is 0.546. The van der Waals surface area contributed by atoms with Gasteiger partial charge in [-0.2, -0.15) is 0 Å². The molecule has 3 amide bonds. The largest absolute Gasteiger partial charge is 0.472 e. The lowest BCUT2D eigenvalue weighted by molar-refractivity contribution is -0.146. The zero-order valence-corrected chi connectivity index (χ0v) is 16.2. The summed E-state index contributed by atoms with van der Waals surface area (Å²) in [4.78, 5) is 43.6. The highest BCUT2D eigenvalue weighted by molar-refractivity contribution is 5.94. The van der Waals surface area contributed by atoms with Crippen LogP contribution in [0.5, 0.6) is 0 Å². The molecule has 1 unspecified atom stereocenters. The third-order valence-corrected chi connectivity index (χ3v) is 5.80. The maximum atomic E-state index is 13.1. The Labute approximate surface area is 160 Å². The third-order valence-electron chi connectivity index (χ3n) is 5.80. The quantitative estimate of drug-likeness (QED) is 0.789. The minimum absolute atomic E-state index is 0.0505. The van der Waals surface area contributed by atoms with Gasteiger partial charge >= 0.3 is 0 Å². The van der Waals surface area contributed by atoms with E-state index in [1.165, 1.54) is 12.5 Å². The molecule has 148 valence electrons. The van der Waals surface area contributed by atoms with Gasteiger partial charge in [0.05, 0.1) is 11.8 Å². The summed E-state index contributed by atoms with van der Waals surface area (Å²) in [6.45, 7) is 7.05. The number of likely N-dealkylation sites (tertiary alicyclic amines) is 2. The van der Waals surface area contributed by atoms with Gasteiger partial charge in [0, 0.05) is 38.6 Å². The fourth-order valence-electron chi connectivity index (χ4n) is 4.17. The van der Waals surface area contributed by atoms with Crippen LogP contribution in [-0.4, -0.2) is 71.2 Å². The van der Waals surface area contributed by atoms with Gasteiger partial charge in [-0.3, -0.25) is 14.4 Å². The minimum atomic E-state index is -0.317. The molecule has 2 fully saturated rings. The van der Waals surface area contributed by atoms with E-state index in [0.717, 1.165) is 12.8 Å². The lowest BCUT2D eigenvalue weighted by Crippen LogP contribution is -2.51. The second-order valence-electron chi connectivity index (χ2n) is 7.28. The van der Waals surface area contributed by atoms with E-state index in [-0.39, 0.29) is 29.7 Å². The molecule has 2 saturated heterocycles. The van der Waals surface area contributed by atoms with E-state index in [0.29, 0.717) is 51.1 Å². The molecule has 0 aliphatic carbocycles. The number of amides is 3. The number of hydrogen-bond acceptors (Lipinski definition) is 4. The van der Waals surface area contributed by atoms with E-state index in [1.807, 2.05) is 18.7 Å². The molecular weight excluding hydrogens is 346 g/mol. The minimum Gasteiger partial charge on any atom is -0.472 e. The van der Waals surface area contributed by atoms with Crippen LogP contribution in [0, 0.1) is 5.92 Å². The van der Waals surface area contributed by atoms with Crippen molar-refractivity contribution in [2.24, 2.45) is 5.92 Å². The first-order chi connectivity index (χ1) is 13.1. The first-order valence-electron chi connectivity index (χ1n) is 9.97. The number of hydrogen-bond donors (Lipinski definition) is 0. The van der Waals surface area contributed by atoms with Gasteiger partial charge in [-0.1, -0.05) is 0 Å². The van der Waals surface area contributed by atoms with Crippen LogP contribution in [-0.2, 0) is 9.59 Å². The zero-order chi connectivity index (χ0) is 19.4. The Morgan fingerprint density at radius 1 is 1.11 bits per heavy atom. The summed E-state index contributed by atoms with van der Waals surface area (Å²) in [6, 6.07) is 1.34. The molecule has 2 aliphatic rings. The molecule has 0 aromatic carbocycles. The highest BCUT2D eigenvalue weighted by Crippen LogP contribution is 2.27. The van der Waals surface area contributed by atoms with Crippen molar-refractivity contribution in [1.82, 2.24) is 14.7 Å². The molecule has 7 heteroatoms. The van der Waals surface area contributed by atoms with Gasteiger partial charge in [-0.15, -0.1) is 0 Å². The van der Waals surface area contributed by atoms with Gasteiger partial charge in [0.15, 0.2) is 0 Å². The van der Waals surface area contributed by atoms with E-state index in [2.05, 4.69) is 0 Å². The second-order valence-corrected chi connectivity index (χ2v) is 7.28. The first-order valence-corrected chi connectivity index (χ1v) is 9.97. The second kappa shape index (κ2) is 8.59. The summed E-state index contributed by atoms with van der Waals surface area (Å²) in [7, 11) is 0. The number of furan rings is 1. The number of carbonyl (C=O) groups is 3. The molecule has 3 rings (SSSR count). The molecule has 7 nitrogen and oxygen atoms in total. The Hall–Kier alpha value is -2.31. The zero-order valence-electron chi connectivity index (χ0n) is 16.2. The molecular formula is C20H29N3O4. The number of piperidine rings is 1. The maximum absolute atomic E-state index is 13.1. The average Bonchev–Trinajstić information content (AvgIpc) is 3.39. The summed E-state index contributed by atoms with van der Waals surface area (Å²) in [5, 5.41) is 0. The predicted molar refractivity (Wildman–Crippen MR) is 100.0 cm³/mol. The Morgan fingerprint density at radius 3 is 2.41 bits per heavy atom. The van der Waals surface area contributed by atoms with Gasteiger partial charge in [0.2, 0.25) is 11.8 Å². The van der Waals surface area contributed by atoms with Crippen LogP contribution in [0.2, 0.25) is 0 Å². The van der Waals surface area contributed by atoms with Crippen LogP contribution < -0.4 is 0 Å². The average molecular weight is 375 g/mol. The standard InChI is InChI=1S/C20H29N3O4/c1-3-21(4-2)20(26)17-6-5-10-23(17)19(25)15-7-11-22(12-8-15)18(24)16-9-13-27-14-16/h9,13-15,17H,3-8,10-12H2,1-2H3. The molecule has 0 radical (unpaired) electrons. The number of nitrogens with zero attached hydrogens (tertiary/aromatic N) is 3. The lowest BCUT2D eigenvalue weighted by atomic mass is 9.94. The molecule has 1 aromatic rings. The molecule has 0 saturated carbocycles. The van der Waals surface area contributed by atoms with Gasteiger partial charge in [0.1, 0.15) is 12.3 Å². The van der Waals surface area contributed by atoms with Crippen molar-refractivity contribution < 1.29 is 18.8 Å². The molecule has 1 atom stereocenters. The fraction of sp³-hybridized carbons (Fsp3) is 0.650. The smallest absolute Gasteiger partial charge is 0.257 e. The number of carbonyl (C=O) groups excluding carboxylic acids is 3. The van der Waals surface area contributed by atoms with Crippen LogP contribution in [0.4, 0.5) is 0 Å². The predicted octanol–water partition coefficient (Wildman–Crippen LogP) is 1.99. The Morgan fingerprint density at radius 2 is 1.81 bits per heavy atom. The van der Waals surface area contributed by atoms with Crippen molar-refractivity contribution >= 4 is 17.7 Å². The Balaban J connectivity index is 1.58. The summed E-state index contributed by atoms with van der Waals surface area (Å²) < 4.78 is 4.98. The molecule has 3 heterocycles. The summed E-state index contributed by atoms with van der Waals surface area (Å²) >= 11 is 0. The van der Waals surface area contributed by atoms with Crippen LogP contribution in [0.15, 0.2) is 23.0 Å². The molecule has 0 bridgehead atoms. The van der Waals surface area contributed by atoms with E-state index >= 15 is 0 Å². The normalized spacial score (nSPS) is 20.7. The number of rotatable bonds is 5. The van der Waals surface area contributed by atoms with Crippen molar-refractivity contribution in [2.45, 2.75) is 45.6 Å². The van der Waals surface area contributed by atoms with Crippen LogP contribution in [0.3, 0.4) is 0 Å². The lowest BCUT2D eigenvalue weighted by Gasteiger charge is -2.35. The number of likely N-dealkylation sites (N-methyl/N-ethyl adjacent to an activating group) is 1. The van der Waals surface area contributed by atoms with Crippen LogP contribution in [0.25, 0.3) is 0 Å². The van der Waals surface area contributed by atoms with E-state index in [1.54, 1.807) is 15.9 Å². The Kier molecular flexibility index (Phi) is 6.19. The fourth-order valence-corrected chi connectivity index (χ4v) is 4.17. The third kappa shape index (κ3) is 4.01. The molecule has 2 aliphatic heterocycles. The molecule has 0 spiro atoms. The molecule has 27 heavy (non-hydrogen) atoms. The van der Waals surface area contributed by atoms with Crippen molar-refractivity contribution in [1.29, 1.82) is 0 Å². The van der Waals surface area contributed by atoms with Gasteiger partial charge in [0.25, 0.3) is 5.91 Å². The van der Waals surface area contributed by atoms with Gasteiger partial charge < -0.3 is 19.1 Å².